The van der Waals surface area contributed by atoms with E-state index < -0.39 is 11.6 Å². The zero-order valence-corrected chi connectivity index (χ0v) is 14.5. The van der Waals surface area contributed by atoms with Crippen molar-refractivity contribution in [2.45, 2.75) is 25.3 Å². The van der Waals surface area contributed by atoms with Gasteiger partial charge in [0, 0.05) is 28.8 Å². The van der Waals surface area contributed by atoms with E-state index in [1.165, 1.54) is 18.2 Å². The molecule has 0 radical (unpaired) electrons. The topological polar surface area (TPSA) is 29.9 Å². The molecule has 1 aliphatic heterocycles. The molecule has 2 aromatic heterocycles. The summed E-state index contributed by atoms with van der Waals surface area (Å²) in [7, 11) is 0. The summed E-state index contributed by atoms with van der Waals surface area (Å²) in [5.41, 5.74) is 2.00. The van der Waals surface area contributed by atoms with Gasteiger partial charge in [0.1, 0.15) is 17.3 Å². The van der Waals surface area contributed by atoms with E-state index in [9.17, 15) is 8.78 Å². The fourth-order valence-corrected chi connectivity index (χ4v) is 3.57. The van der Waals surface area contributed by atoms with Crippen molar-refractivity contribution in [3.05, 3.63) is 65.5 Å². The number of halogens is 3. The predicted octanol–water partition coefficient (Wildman–Crippen LogP) is 4.25. The Morgan fingerprint density at radius 3 is 2.52 bits per heavy atom. The average Bonchev–Trinajstić information content (AvgIpc) is 2.98. The van der Waals surface area contributed by atoms with Crippen LogP contribution in [0.4, 0.5) is 8.78 Å². The van der Waals surface area contributed by atoms with Crippen molar-refractivity contribution in [2.24, 2.45) is 0 Å². The van der Waals surface area contributed by atoms with Crippen LogP contribution in [-0.4, -0.2) is 22.6 Å². The lowest BCUT2D eigenvalue weighted by Crippen LogP contribution is -2.27. The van der Waals surface area contributed by atoms with Crippen molar-refractivity contribution in [2.75, 3.05) is 13.1 Å². The summed E-state index contributed by atoms with van der Waals surface area (Å²) in [5.74, 6) is -0.636. The van der Waals surface area contributed by atoms with E-state index >= 15 is 0 Å². The largest absolute Gasteiger partial charge is 0.325 e. The van der Waals surface area contributed by atoms with E-state index in [1.807, 2.05) is 16.7 Å². The first-order valence-corrected chi connectivity index (χ1v) is 8.32. The second-order valence-corrected chi connectivity index (χ2v) is 6.30. The molecule has 0 unspecified atom stereocenters. The van der Waals surface area contributed by atoms with Gasteiger partial charge in [-0.15, -0.1) is 12.4 Å². The van der Waals surface area contributed by atoms with Gasteiger partial charge < -0.3 is 9.88 Å². The fourth-order valence-electron chi connectivity index (χ4n) is 3.57. The van der Waals surface area contributed by atoms with Gasteiger partial charge in [-0.3, -0.25) is 0 Å². The van der Waals surface area contributed by atoms with Gasteiger partial charge in [-0.2, -0.15) is 0 Å². The first kappa shape index (κ1) is 17.8. The van der Waals surface area contributed by atoms with Gasteiger partial charge in [-0.05, 0) is 56.3 Å². The number of hydrogen-bond acceptors (Lipinski definition) is 2. The highest BCUT2D eigenvalue weighted by atomic mass is 35.5. The van der Waals surface area contributed by atoms with Crippen LogP contribution in [0.2, 0.25) is 0 Å². The Morgan fingerprint density at radius 1 is 1.08 bits per heavy atom. The van der Waals surface area contributed by atoms with E-state index in [1.54, 1.807) is 6.20 Å². The number of pyridine rings is 1. The second kappa shape index (κ2) is 7.50. The molecular formula is C19H20ClF2N3. The zero-order valence-electron chi connectivity index (χ0n) is 13.7. The normalized spacial score (nSPS) is 15.3. The van der Waals surface area contributed by atoms with Gasteiger partial charge in [0.05, 0.1) is 6.54 Å². The van der Waals surface area contributed by atoms with Crippen LogP contribution in [0.3, 0.4) is 0 Å². The van der Waals surface area contributed by atoms with Crippen molar-refractivity contribution in [3.63, 3.8) is 0 Å². The van der Waals surface area contributed by atoms with E-state index in [4.69, 9.17) is 0 Å². The maximum atomic E-state index is 14.1. The monoisotopic (exact) mass is 363 g/mol. The third-order valence-electron chi connectivity index (χ3n) is 4.82. The van der Waals surface area contributed by atoms with Crippen LogP contribution in [0, 0.1) is 11.6 Å². The summed E-state index contributed by atoms with van der Waals surface area (Å²) in [6, 6.07) is 10.0. The predicted molar refractivity (Wildman–Crippen MR) is 97.3 cm³/mol. The number of hydrogen-bond donors (Lipinski definition) is 1. The number of fused-ring (bicyclic) bond motifs is 1. The van der Waals surface area contributed by atoms with Crippen molar-refractivity contribution in [1.29, 1.82) is 0 Å². The molecule has 1 aromatic carbocycles. The molecule has 3 heterocycles. The highest BCUT2D eigenvalue weighted by Gasteiger charge is 2.22. The maximum absolute atomic E-state index is 14.1. The Kier molecular flexibility index (Phi) is 5.35. The maximum Gasteiger partial charge on any atom is 0.140 e. The molecule has 1 aliphatic rings. The highest BCUT2D eigenvalue weighted by Crippen LogP contribution is 2.31. The molecule has 0 bridgehead atoms. The van der Waals surface area contributed by atoms with Crippen LogP contribution in [0.15, 0.2) is 42.6 Å². The van der Waals surface area contributed by atoms with Gasteiger partial charge in [-0.1, -0.05) is 6.07 Å². The molecule has 3 aromatic rings. The molecule has 0 saturated carbocycles. The van der Waals surface area contributed by atoms with Crippen LogP contribution in [0.5, 0.6) is 0 Å². The molecular weight excluding hydrogens is 344 g/mol. The summed E-state index contributed by atoms with van der Waals surface area (Å²) in [6.45, 7) is 2.10. The Morgan fingerprint density at radius 2 is 1.80 bits per heavy atom. The molecule has 4 rings (SSSR count). The molecule has 1 N–H and O–H groups in total. The molecule has 0 amide bonds. The Labute approximate surface area is 151 Å². The molecule has 25 heavy (non-hydrogen) atoms. The summed E-state index contributed by atoms with van der Waals surface area (Å²) in [4.78, 5) is 4.45. The lowest BCUT2D eigenvalue weighted by atomic mass is 9.94. The number of rotatable bonds is 3. The van der Waals surface area contributed by atoms with Crippen molar-refractivity contribution >= 4 is 23.4 Å². The first-order chi connectivity index (χ1) is 11.7. The number of nitrogens with zero attached hydrogens (tertiary/aromatic N) is 2. The Hall–Kier alpha value is -1.98. The van der Waals surface area contributed by atoms with E-state index in [-0.39, 0.29) is 24.5 Å². The van der Waals surface area contributed by atoms with Crippen LogP contribution in [0.1, 0.15) is 30.0 Å². The number of piperidine rings is 1. The summed E-state index contributed by atoms with van der Waals surface area (Å²) in [5, 5.41) is 4.38. The quantitative estimate of drug-likeness (QED) is 0.753. The van der Waals surface area contributed by atoms with E-state index in [0.717, 1.165) is 42.7 Å². The zero-order chi connectivity index (χ0) is 16.5. The van der Waals surface area contributed by atoms with Gasteiger partial charge in [-0.25, -0.2) is 13.8 Å². The molecule has 0 aliphatic carbocycles. The first-order valence-electron chi connectivity index (χ1n) is 8.32. The minimum Gasteiger partial charge on any atom is -0.325 e. The summed E-state index contributed by atoms with van der Waals surface area (Å²) >= 11 is 0. The standard InChI is InChI=1S/C19H19F2N3.ClH/c20-16-4-1-5-17(21)15(16)12-24-18(13-6-9-22-10-7-13)11-14-3-2-8-23-19(14)24;/h1-5,8,11,13,22H,6-7,9-10,12H2;1H. The Bertz CT molecular complexity index is 852. The number of aromatic nitrogens is 2. The van der Waals surface area contributed by atoms with E-state index in [0.29, 0.717) is 5.92 Å². The minimum atomic E-state index is -0.510. The van der Waals surface area contributed by atoms with Crippen LogP contribution >= 0.6 is 12.4 Å². The van der Waals surface area contributed by atoms with Crippen molar-refractivity contribution in [1.82, 2.24) is 14.9 Å². The molecule has 132 valence electrons. The second-order valence-electron chi connectivity index (χ2n) is 6.30. The van der Waals surface area contributed by atoms with Gasteiger partial charge >= 0.3 is 0 Å². The molecule has 3 nitrogen and oxygen atoms in total. The number of benzene rings is 1. The SMILES string of the molecule is Cl.Fc1cccc(F)c1Cn1c(C2CCNCC2)cc2cccnc21. The third kappa shape index (κ3) is 3.39. The lowest BCUT2D eigenvalue weighted by molar-refractivity contribution is 0.441. The average molecular weight is 364 g/mol. The van der Waals surface area contributed by atoms with Crippen molar-refractivity contribution < 1.29 is 8.78 Å². The minimum absolute atomic E-state index is 0. The molecule has 0 spiro atoms. The van der Waals surface area contributed by atoms with E-state index in [2.05, 4.69) is 16.4 Å². The summed E-state index contributed by atoms with van der Waals surface area (Å²) < 4.78 is 30.2. The van der Waals surface area contributed by atoms with Crippen LogP contribution in [0.25, 0.3) is 11.0 Å². The van der Waals surface area contributed by atoms with Gasteiger partial charge in [0.25, 0.3) is 0 Å². The van der Waals surface area contributed by atoms with Crippen molar-refractivity contribution in [3.8, 4) is 0 Å². The third-order valence-corrected chi connectivity index (χ3v) is 4.82. The molecule has 1 fully saturated rings. The Balaban J connectivity index is 0.00000182. The molecule has 1 saturated heterocycles. The summed E-state index contributed by atoms with van der Waals surface area (Å²) in [6.07, 6.45) is 3.77. The van der Waals surface area contributed by atoms with Crippen LogP contribution < -0.4 is 5.32 Å². The van der Waals surface area contributed by atoms with Gasteiger partial charge in [0.2, 0.25) is 0 Å². The van der Waals surface area contributed by atoms with Crippen LogP contribution in [-0.2, 0) is 6.54 Å². The molecule has 0 atom stereocenters. The van der Waals surface area contributed by atoms with Gasteiger partial charge in [0.15, 0.2) is 0 Å². The fraction of sp³-hybridized carbons (Fsp3) is 0.316. The highest BCUT2D eigenvalue weighted by molar-refractivity contribution is 5.85. The number of nitrogens with one attached hydrogen (secondary N) is 1. The molecule has 6 heteroatoms. The lowest BCUT2D eigenvalue weighted by Gasteiger charge is -2.24. The smallest absolute Gasteiger partial charge is 0.140 e.